The van der Waals surface area contributed by atoms with Gasteiger partial charge < -0.3 is 9.47 Å². The molecule has 0 atom stereocenters. The Morgan fingerprint density at radius 1 is 1.50 bits per heavy atom. The summed E-state index contributed by atoms with van der Waals surface area (Å²) >= 11 is 0. The molecule has 0 aliphatic rings. The smallest absolute Gasteiger partial charge is 0.336 e. The third-order valence-corrected chi connectivity index (χ3v) is 1.53. The van der Waals surface area contributed by atoms with E-state index in [4.69, 9.17) is 9.47 Å². The molecule has 0 aliphatic heterocycles. The van der Waals surface area contributed by atoms with E-state index in [1.54, 1.807) is 13.0 Å². The van der Waals surface area contributed by atoms with Crippen LogP contribution >= 0.6 is 0 Å². The molecule has 0 amide bonds. The number of unbranched alkanes of at least 4 members (excludes halogenated alkanes) is 1. The lowest BCUT2D eigenvalue weighted by atomic mass is 10.3. The van der Waals surface area contributed by atoms with Crippen LogP contribution in [0.25, 0.3) is 0 Å². The van der Waals surface area contributed by atoms with Crippen molar-refractivity contribution in [3.63, 3.8) is 0 Å². The highest BCUT2D eigenvalue weighted by atomic mass is 16.5. The van der Waals surface area contributed by atoms with E-state index in [0.717, 1.165) is 12.8 Å². The molecule has 0 fully saturated rings. The van der Waals surface area contributed by atoms with E-state index in [0.29, 0.717) is 18.8 Å². The van der Waals surface area contributed by atoms with Gasteiger partial charge in [0.05, 0.1) is 18.4 Å². The molecule has 3 nitrogen and oxygen atoms in total. The van der Waals surface area contributed by atoms with E-state index in [1.165, 1.54) is 6.26 Å². The first-order valence-electron chi connectivity index (χ1n) is 4.78. The van der Waals surface area contributed by atoms with Crippen LogP contribution in [-0.4, -0.2) is 19.2 Å². The summed E-state index contributed by atoms with van der Waals surface area (Å²) in [6.07, 6.45) is 4.93. The topological polar surface area (TPSA) is 35.5 Å². The van der Waals surface area contributed by atoms with Crippen molar-refractivity contribution in [3.05, 3.63) is 24.5 Å². The molecular formula is C11H18O3. The van der Waals surface area contributed by atoms with Crippen molar-refractivity contribution in [2.45, 2.75) is 26.7 Å². The third-order valence-electron chi connectivity index (χ3n) is 1.53. The van der Waals surface area contributed by atoms with Crippen LogP contribution in [0.1, 0.15) is 26.7 Å². The number of rotatable bonds is 7. The van der Waals surface area contributed by atoms with Crippen molar-refractivity contribution in [1.29, 1.82) is 0 Å². The molecule has 0 bridgehead atoms. The summed E-state index contributed by atoms with van der Waals surface area (Å²) in [5.41, 5.74) is 0.475. The Hall–Kier alpha value is -1.25. The van der Waals surface area contributed by atoms with Crippen molar-refractivity contribution < 1.29 is 14.3 Å². The zero-order valence-electron chi connectivity index (χ0n) is 8.91. The third kappa shape index (κ3) is 6.29. The lowest BCUT2D eigenvalue weighted by molar-refractivity contribution is -0.139. The van der Waals surface area contributed by atoms with Crippen molar-refractivity contribution >= 4 is 5.97 Å². The fourth-order valence-corrected chi connectivity index (χ4v) is 0.712. The molecule has 0 N–H and O–H groups in total. The molecule has 0 aromatic heterocycles. The lowest BCUT2D eigenvalue weighted by Crippen LogP contribution is -2.07. The van der Waals surface area contributed by atoms with E-state index in [2.05, 4.69) is 6.58 Å². The monoisotopic (exact) mass is 198 g/mol. The summed E-state index contributed by atoms with van der Waals surface area (Å²) in [4.78, 5) is 11.2. The predicted octanol–water partition coefficient (Wildman–Crippen LogP) is 2.44. The van der Waals surface area contributed by atoms with Crippen LogP contribution in [0.3, 0.4) is 0 Å². The van der Waals surface area contributed by atoms with Gasteiger partial charge in [0.15, 0.2) is 0 Å². The van der Waals surface area contributed by atoms with E-state index in [1.807, 2.05) is 6.92 Å². The number of carbonyl (C=O) groups excluding carboxylic acids is 1. The maximum absolute atomic E-state index is 11.2. The van der Waals surface area contributed by atoms with Gasteiger partial charge in [-0.3, -0.25) is 0 Å². The van der Waals surface area contributed by atoms with Crippen LogP contribution in [0.5, 0.6) is 0 Å². The highest BCUT2D eigenvalue weighted by molar-refractivity contribution is 5.87. The number of hydrogen-bond donors (Lipinski definition) is 0. The summed E-state index contributed by atoms with van der Waals surface area (Å²) in [7, 11) is 0. The molecule has 0 saturated heterocycles. The molecule has 14 heavy (non-hydrogen) atoms. The summed E-state index contributed by atoms with van der Waals surface area (Å²) in [6.45, 7) is 8.08. The van der Waals surface area contributed by atoms with Crippen LogP contribution in [0.2, 0.25) is 0 Å². The van der Waals surface area contributed by atoms with Crippen LogP contribution in [0, 0.1) is 0 Å². The highest BCUT2D eigenvalue weighted by Crippen LogP contribution is 1.99. The molecule has 0 unspecified atom stereocenters. The first-order chi connectivity index (χ1) is 6.72. The van der Waals surface area contributed by atoms with Gasteiger partial charge >= 0.3 is 5.97 Å². The van der Waals surface area contributed by atoms with Crippen LogP contribution in [0.4, 0.5) is 0 Å². The molecule has 0 aromatic carbocycles. The average Bonchev–Trinajstić information content (AvgIpc) is 2.18. The Morgan fingerprint density at radius 2 is 2.21 bits per heavy atom. The molecule has 0 heterocycles. The fourth-order valence-electron chi connectivity index (χ4n) is 0.712. The van der Waals surface area contributed by atoms with Crippen molar-refractivity contribution in [1.82, 2.24) is 0 Å². The van der Waals surface area contributed by atoms with E-state index in [9.17, 15) is 4.79 Å². The Morgan fingerprint density at radius 3 is 2.79 bits per heavy atom. The molecule has 0 aromatic rings. The maximum atomic E-state index is 11.2. The molecule has 0 spiro atoms. The van der Waals surface area contributed by atoms with Crippen LogP contribution in [-0.2, 0) is 14.3 Å². The maximum Gasteiger partial charge on any atom is 0.336 e. The van der Waals surface area contributed by atoms with Gasteiger partial charge in [-0.2, -0.15) is 0 Å². The van der Waals surface area contributed by atoms with E-state index in [-0.39, 0.29) is 5.97 Å². The van der Waals surface area contributed by atoms with Gasteiger partial charge in [0.25, 0.3) is 0 Å². The Balaban J connectivity index is 3.74. The van der Waals surface area contributed by atoms with Gasteiger partial charge in [-0.05, 0) is 13.3 Å². The number of ether oxygens (including phenoxy) is 2. The lowest BCUT2D eigenvalue weighted by Gasteiger charge is -2.03. The predicted molar refractivity (Wildman–Crippen MR) is 55.8 cm³/mol. The van der Waals surface area contributed by atoms with Gasteiger partial charge in [-0.15, -0.1) is 0 Å². The Kier molecular flexibility index (Phi) is 7.61. The van der Waals surface area contributed by atoms with Crippen molar-refractivity contribution in [2.75, 3.05) is 13.2 Å². The summed E-state index contributed by atoms with van der Waals surface area (Å²) in [6, 6.07) is 0. The molecule has 0 aliphatic carbocycles. The summed E-state index contributed by atoms with van der Waals surface area (Å²) in [5.74, 6) is -0.317. The second kappa shape index (κ2) is 8.35. The summed E-state index contributed by atoms with van der Waals surface area (Å²) < 4.78 is 9.95. The zero-order chi connectivity index (χ0) is 10.8. The van der Waals surface area contributed by atoms with Gasteiger partial charge in [-0.25, -0.2) is 4.79 Å². The number of esters is 1. The van der Waals surface area contributed by atoms with Gasteiger partial charge in [0.1, 0.15) is 6.61 Å². The quantitative estimate of drug-likeness (QED) is 0.207. The highest BCUT2D eigenvalue weighted by Gasteiger charge is 2.04. The van der Waals surface area contributed by atoms with E-state index < -0.39 is 0 Å². The first kappa shape index (κ1) is 12.8. The molecule has 0 radical (unpaired) electrons. The van der Waals surface area contributed by atoms with Crippen LogP contribution in [0.15, 0.2) is 24.5 Å². The molecule has 3 heteroatoms. The van der Waals surface area contributed by atoms with Crippen molar-refractivity contribution in [2.24, 2.45) is 0 Å². The first-order valence-corrected chi connectivity index (χ1v) is 4.78. The SMILES string of the molecule is C=CCOC=C(C)C(=O)OCCCC. The molecular weight excluding hydrogens is 180 g/mol. The minimum Gasteiger partial charge on any atom is -0.497 e. The summed E-state index contributed by atoms with van der Waals surface area (Å²) in [5, 5.41) is 0. The van der Waals surface area contributed by atoms with Crippen molar-refractivity contribution in [3.8, 4) is 0 Å². The molecule has 0 rings (SSSR count). The van der Waals surface area contributed by atoms with E-state index >= 15 is 0 Å². The zero-order valence-corrected chi connectivity index (χ0v) is 8.91. The van der Waals surface area contributed by atoms with Gasteiger partial charge in [0, 0.05) is 0 Å². The normalized spacial score (nSPS) is 10.9. The van der Waals surface area contributed by atoms with Gasteiger partial charge in [0.2, 0.25) is 0 Å². The minimum absolute atomic E-state index is 0.317. The average molecular weight is 198 g/mol. The second-order valence-corrected chi connectivity index (χ2v) is 2.91. The number of carbonyl (C=O) groups is 1. The standard InChI is InChI=1S/C11H18O3/c1-4-6-8-14-11(12)10(3)9-13-7-5-2/h5,9H,2,4,6-8H2,1,3H3. The van der Waals surface area contributed by atoms with Crippen LogP contribution < -0.4 is 0 Å². The Bertz CT molecular complexity index is 207. The largest absolute Gasteiger partial charge is 0.497 e. The minimum atomic E-state index is -0.317. The fraction of sp³-hybridized carbons (Fsp3) is 0.545. The van der Waals surface area contributed by atoms with Gasteiger partial charge in [-0.1, -0.05) is 26.0 Å². The second-order valence-electron chi connectivity index (χ2n) is 2.91. The Labute approximate surface area is 85.4 Å². The molecule has 80 valence electrons. The molecule has 0 saturated carbocycles. The number of hydrogen-bond acceptors (Lipinski definition) is 3.